The molecule has 0 unspecified atom stereocenters. The minimum Gasteiger partial charge on any atom is -0.264 e. The molecule has 0 saturated carbocycles. The highest BCUT2D eigenvalue weighted by atomic mass is 19.4. The van der Waals surface area contributed by atoms with Gasteiger partial charge < -0.3 is 0 Å². The molecule has 0 atom stereocenters. The number of benzene rings is 1. The summed E-state index contributed by atoms with van der Waals surface area (Å²) in [6.45, 7) is 1.75. The second kappa shape index (κ2) is 4.20. The third-order valence-electron chi connectivity index (χ3n) is 2.54. The molecule has 0 aliphatic heterocycles. The molecule has 4 heteroatoms. The number of aryl methyl sites for hydroxylation is 1. The van der Waals surface area contributed by atoms with Gasteiger partial charge in [-0.05, 0) is 35.7 Å². The molecule has 88 valence electrons. The Kier molecular flexibility index (Phi) is 2.88. The molecule has 1 aromatic carbocycles. The van der Waals surface area contributed by atoms with E-state index in [9.17, 15) is 13.2 Å². The Morgan fingerprint density at radius 2 is 1.71 bits per heavy atom. The highest BCUT2D eigenvalue weighted by molar-refractivity contribution is 5.70. The fourth-order valence-corrected chi connectivity index (χ4v) is 1.74. The van der Waals surface area contributed by atoms with E-state index >= 15 is 0 Å². The zero-order valence-corrected chi connectivity index (χ0v) is 9.12. The molecule has 1 heterocycles. The van der Waals surface area contributed by atoms with Crippen LogP contribution in [0.1, 0.15) is 11.1 Å². The Hall–Kier alpha value is -1.84. The van der Waals surface area contributed by atoms with Gasteiger partial charge >= 0.3 is 6.18 Å². The van der Waals surface area contributed by atoms with Crippen molar-refractivity contribution in [2.24, 2.45) is 0 Å². The lowest BCUT2D eigenvalue weighted by atomic mass is 9.97. The molecular formula is C13H10F3N. The van der Waals surface area contributed by atoms with Crippen molar-refractivity contribution in [3.8, 4) is 11.1 Å². The minimum atomic E-state index is -4.34. The Morgan fingerprint density at radius 1 is 1.00 bits per heavy atom. The van der Waals surface area contributed by atoms with Gasteiger partial charge in [0.1, 0.15) is 0 Å². The maximum atomic E-state index is 12.9. The molecule has 2 aromatic rings. The number of pyridine rings is 1. The van der Waals surface area contributed by atoms with E-state index in [4.69, 9.17) is 0 Å². The summed E-state index contributed by atoms with van der Waals surface area (Å²) >= 11 is 0. The van der Waals surface area contributed by atoms with Crippen LogP contribution < -0.4 is 0 Å². The summed E-state index contributed by atoms with van der Waals surface area (Å²) in [4.78, 5) is 3.88. The zero-order valence-electron chi connectivity index (χ0n) is 9.12. The first-order valence-corrected chi connectivity index (χ1v) is 5.07. The van der Waals surface area contributed by atoms with Crippen LogP contribution in [0, 0.1) is 6.92 Å². The molecule has 0 aliphatic carbocycles. The van der Waals surface area contributed by atoms with E-state index in [2.05, 4.69) is 4.98 Å². The lowest BCUT2D eigenvalue weighted by Crippen LogP contribution is -2.07. The number of rotatable bonds is 1. The van der Waals surface area contributed by atoms with Gasteiger partial charge in [0.25, 0.3) is 0 Å². The van der Waals surface area contributed by atoms with Crippen molar-refractivity contribution in [1.82, 2.24) is 4.98 Å². The maximum Gasteiger partial charge on any atom is 0.417 e. The molecule has 0 radical (unpaired) electrons. The van der Waals surface area contributed by atoms with E-state index in [1.54, 1.807) is 25.3 Å². The Morgan fingerprint density at radius 3 is 2.35 bits per heavy atom. The number of alkyl halides is 3. The average molecular weight is 237 g/mol. The molecule has 0 N–H and O–H groups in total. The van der Waals surface area contributed by atoms with Gasteiger partial charge in [-0.3, -0.25) is 4.98 Å². The molecule has 17 heavy (non-hydrogen) atoms. The number of nitrogens with zero attached hydrogens (tertiary/aromatic N) is 1. The topological polar surface area (TPSA) is 12.9 Å². The number of hydrogen-bond donors (Lipinski definition) is 0. The molecule has 0 fully saturated rings. The first kappa shape index (κ1) is 11.6. The molecular weight excluding hydrogens is 227 g/mol. The van der Waals surface area contributed by atoms with E-state index in [0.717, 1.165) is 11.6 Å². The van der Waals surface area contributed by atoms with Gasteiger partial charge in [-0.25, -0.2) is 0 Å². The highest BCUT2D eigenvalue weighted by Crippen LogP contribution is 2.37. The number of halogens is 3. The van der Waals surface area contributed by atoms with Crippen LogP contribution in [0.25, 0.3) is 11.1 Å². The van der Waals surface area contributed by atoms with Gasteiger partial charge in [-0.15, -0.1) is 0 Å². The predicted molar refractivity (Wildman–Crippen MR) is 59.4 cm³/mol. The zero-order chi connectivity index (χ0) is 12.5. The molecule has 1 nitrogen and oxygen atoms in total. The van der Waals surface area contributed by atoms with Gasteiger partial charge in [-0.1, -0.05) is 18.2 Å². The number of hydrogen-bond acceptors (Lipinski definition) is 1. The second-order valence-electron chi connectivity index (χ2n) is 3.73. The fourth-order valence-electron chi connectivity index (χ4n) is 1.74. The van der Waals surface area contributed by atoms with E-state index < -0.39 is 11.7 Å². The first-order valence-electron chi connectivity index (χ1n) is 5.07. The van der Waals surface area contributed by atoms with Crippen LogP contribution in [-0.4, -0.2) is 4.98 Å². The lowest BCUT2D eigenvalue weighted by Gasteiger charge is -2.13. The standard InChI is InChI=1S/C13H10F3N/c1-9-8-17-7-6-10(9)11-4-2-3-5-12(11)13(14,15)16/h2-8H,1H3. The maximum absolute atomic E-state index is 12.9. The highest BCUT2D eigenvalue weighted by Gasteiger charge is 2.33. The summed E-state index contributed by atoms with van der Waals surface area (Å²) in [6, 6.07) is 7.16. The van der Waals surface area contributed by atoms with Crippen molar-refractivity contribution in [3.05, 3.63) is 53.9 Å². The summed E-state index contributed by atoms with van der Waals surface area (Å²) in [5.74, 6) is 0. The van der Waals surface area contributed by atoms with Crippen LogP contribution in [0.2, 0.25) is 0 Å². The summed E-state index contributed by atoms with van der Waals surface area (Å²) in [5, 5.41) is 0. The minimum absolute atomic E-state index is 0.194. The molecule has 0 bridgehead atoms. The molecule has 0 spiro atoms. The Labute approximate surface area is 96.9 Å². The number of aromatic nitrogens is 1. The predicted octanol–water partition coefficient (Wildman–Crippen LogP) is 4.08. The molecule has 0 saturated heterocycles. The van der Waals surface area contributed by atoms with E-state index in [1.807, 2.05) is 0 Å². The van der Waals surface area contributed by atoms with Crippen molar-refractivity contribution >= 4 is 0 Å². The first-order chi connectivity index (χ1) is 8.00. The van der Waals surface area contributed by atoms with Gasteiger partial charge in [0.05, 0.1) is 5.56 Å². The molecule has 0 amide bonds. The summed E-state index contributed by atoms with van der Waals surface area (Å²) in [6.07, 6.45) is -1.29. The summed E-state index contributed by atoms with van der Waals surface area (Å²) < 4.78 is 38.6. The van der Waals surface area contributed by atoms with E-state index in [0.29, 0.717) is 5.56 Å². The van der Waals surface area contributed by atoms with Crippen LogP contribution >= 0.6 is 0 Å². The van der Waals surface area contributed by atoms with Crippen LogP contribution in [-0.2, 0) is 6.18 Å². The lowest BCUT2D eigenvalue weighted by molar-refractivity contribution is -0.137. The molecule has 0 aliphatic rings. The SMILES string of the molecule is Cc1cnccc1-c1ccccc1C(F)(F)F. The van der Waals surface area contributed by atoms with Crippen molar-refractivity contribution in [2.75, 3.05) is 0 Å². The smallest absolute Gasteiger partial charge is 0.264 e. The molecule has 1 aromatic heterocycles. The average Bonchev–Trinajstić information content (AvgIpc) is 2.28. The van der Waals surface area contributed by atoms with Crippen LogP contribution in [0.15, 0.2) is 42.7 Å². The fraction of sp³-hybridized carbons (Fsp3) is 0.154. The Balaban J connectivity index is 2.65. The Bertz CT molecular complexity index is 532. The van der Waals surface area contributed by atoms with Gasteiger partial charge in [-0.2, -0.15) is 13.2 Å². The summed E-state index contributed by atoms with van der Waals surface area (Å²) in [5.41, 5.74) is 0.867. The van der Waals surface area contributed by atoms with Gasteiger partial charge in [0.15, 0.2) is 0 Å². The normalized spacial score (nSPS) is 11.5. The van der Waals surface area contributed by atoms with E-state index in [-0.39, 0.29) is 5.56 Å². The van der Waals surface area contributed by atoms with Crippen molar-refractivity contribution in [1.29, 1.82) is 0 Å². The largest absolute Gasteiger partial charge is 0.417 e. The van der Waals surface area contributed by atoms with Gasteiger partial charge in [0.2, 0.25) is 0 Å². The monoisotopic (exact) mass is 237 g/mol. The van der Waals surface area contributed by atoms with Crippen molar-refractivity contribution < 1.29 is 13.2 Å². The quantitative estimate of drug-likeness (QED) is 0.728. The molecule has 2 rings (SSSR count). The summed E-state index contributed by atoms with van der Waals surface area (Å²) in [7, 11) is 0. The third kappa shape index (κ3) is 2.30. The van der Waals surface area contributed by atoms with Crippen LogP contribution in [0.3, 0.4) is 0 Å². The van der Waals surface area contributed by atoms with Crippen LogP contribution in [0.4, 0.5) is 13.2 Å². The van der Waals surface area contributed by atoms with Crippen molar-refractivity contribution in [3.63, 3.8) is 0 Å². The van der Waals surface area contributed by atoms with Gasteiger partial charge in [0, 0.05) is 12.4 Å². The van der Waals surface area contributed by atoms with E-state index in [1.165, 1.54) is 18.3 Å². The van der Waals surface area contributed by atoms with Crippen LogP contribution in [0.5, 0.6) is 0 Å². The third-order valence-corrected chi connectivity index (χ3v) is 2.54. The van der Waals surface area contributed by atoms with Crippen molar-refractivity contribution in [2.45, 2.75) is 13.1 Å². The second-order valence-corrected chi connectivity index (χ2v) is 3.73.